The van der Waals surface area contributed by atoms with E-state index in [0.717, 1.165) is 6.42 Å². The summed E-state index contributed by atoms with van der Waals surface area (Å²) < 4.78 is 0. The molecule has 2 bridgehead atoms. The number of nitriles is 1. The fourth-order valence-electron chi connectivity index (χ4n) is 4.36. The molecule has 2 fully saturated rings. The molecular formula is C18H22N2O. The van der Waals surface area contributed by atoms with Crippen LogP contribution in [-0.4, -0.2) is 11.9 Å². The summed E-state index contributed by atoms with van der Waals surface area (Å²) in [6, 6.07) is 9.19. The third-order valence-corrected chi connectivity index (χ3v) is 6.38. The average Bonchev–Trinajstić information content (AvgIpc) is 2.80. The Morgan fingerprint density at radius 2 is 1.95 bits per heavy atom. The maximum atomic E-state index is 12.4. The van der Waals surface area contributed by atoms with Gasteiger partial charge in [-0.05, 0) is 60.3 Å². The summed E-state index contributed by atoms with van der Waals surface area (Å²) in [4.78, 5) is 12.4. The largest absolute Gasteiger partial charge is 0.349 e. The van der Waals surface area contributed by atoms with Crippen molar-refractivity contribution < 1.29 is 4.79 Å². The van der Waals surface area contributed by atoms with E-state index >= 15 is 0 Å². The van der Waals surface area contributed by atoms with Crippen LogP contribution < -0.4 is 5.32 Å². The van der Waals surface area contributed by atoms with Crippen LogP contribution in [0.15, 0.2) is 24.3 Å². The van der Waals surface area contributed by atoms with Crippen molar-refractivity contribution in [3.63, 3.8) is 0 Å². The zero-order chi connectivity index (χ0) is 15.3. The van der Waals surface area contributed by atoms with Crippen LogP contribution >= 0.6 is 0 Å². The zero-order valence-corrected chi connectivity index (χ0v) is 12.9. The minimum absolute atomic E-state index is 0.0194. The lowest BCUT2D eigenvalue weighted by Gasteiger charge is -2.39. The molecule has 2 aliphatic rings. The summed E-state index contributed by atoms with van der Waals surface area (Å²) in [7, 11) is 0. The minimum atomic E-state index is -0.0194. The van der Waals surface area contributed by atoms with E-state index < -0.39 is 0 Å². The smallest absolute Gasteiger partial charge is 0.251 e. The standard InChI is InChI=1S/C18H22N2O/c1-17(2)14-8-9-18(17,3)15(10-14)20-16(21)13-6-4-12(11-19)5-7-13/h4-7,14-15H,8-10H2,1-3H3,(H,20,21). The molecule has 2 saturated carbocycles. The normalized spacial score (nSPS) is 32.7. The highest BCUT2D eigenvalue weighted by atomic mass is 16.1. The number of carbonyl (C=O) groups excluding carboxylic acids is 1. The van der Waals surface area contributed by atoms with E-state index in [2.05, 4.69) is 32.2 Å². The summed E-state index contributed by atoms with van der Waals surface area (Å²) in [5.41, 5.74) is 1.72. The van der Waals surface area contributed by atoms with E-state index in [9.17, 15) is 4.79 Å². The van der Waals surface area contributed by atoms with Crippen LogP contribution in [0.3, 0.4) is 0 Å². The van der Waals surface area contributed by atoms with Gasteiger partial charge in [-0.15, -0.1) is 0 Å². The van der Waals surface area contributed by atoms with Crippen LogP contribution in [-0.2, 0) is 0 Å². The maximum Gasteiger partial charge on any atom is 0.251 e. The molecule has 3 atom stereocenters. The van der Waals surface area contributed by atoms with E-state index in [0.29, 0.717) is 22.5 Å². The number of carbonyl (C=O) groups is 1. The average molecular weight is 282 g/mol. The summed E-state index contributed by atoms with van der Waals surface area (Å²) in [5.74, 6) is 0.697. The van der Waals surface area contributed by atoms with Crippen LogP contribution in [0.5, 0.6) is 0 Å². The molecule has 3 unspecified atom stereocenters. The van der Waals surface area contributed by atoms with E-state index in [1.54, 1.807) is 24.3 Å². The second-order valence-electron chi connectivity index (χ2n) is 7.33. The number of hydrogen-bond donors (Lipinski definition) is 1. The Balaban J connectivity index is 1.76. The lowest BCUT2D eigenvalue weighted by Crippen LogP contribution is -2.46. The Morgan fingerprint density at radius 1 is 1.29 bits per heavy atom. The van der Waals surface area contributed by atoms with Crippen molar-refractivity contribution in [1.82, 2.24) is 5.32 Å². The molecular weight excluding hydrogens is 260 g/mol. The van der Waals surface area contributed by atoms with E-state index in [1.807, 2.05) is 0 Å². The molecule has 2 aliphatic carbocycles. The molecule has 1 N–H and O–H groups in total. The van der Waals surface area contributed by atoms with Gasteiger partial charge in [0.1, 0.15) is 0 Å². The van der Waals surface area contributed by atoms with Crippen LogP contribution in [0.4, 0.5) is 0 Å². The minimum Gasteiger partial charge on any atom is -0.349 e. The molecule has 0 saturated heterocycles. The Labute approximate surface area is 126 Å². The SMILES string of the molecule is CC1(C)C2CCC1(C)C(NC(=O)c1ccc(C#N)cc1)C2. The first kappa shape index (κ1) is 14.1. The highest BCUT2D eigenvalue weighted by molar-refractivity contribution is 5.94. The van der Waals surface area contributed by atoms with Gasteiger partial charge in [0.2, 0.25) is 0 Å². The first-order valence-electron chi connectivity index (χ1n) is 7.69. The predicted molar refractivity (Wildman–Crippen MR) is 81.6 cm³/mol. The van der Waals surface area contributed by atoms with E-state index in [-0.39, 0.29) is 17.4 Å². The highest BCUT2D eigenvalue weighted by Crippen LogP contribution is 2.65. The Morgan fingerprint density at radius 3 is 2.43 bits per heavy atom. The Bertz CT molecular complexity index is 611. The molecule has 0 aromatic heterocycles. The number of hydrogen-bond acceptors (Lipinski definition) is 2. The first-order chi connectivity index (χ1) is 9.88. The molecule has 3 nitrogen and oxygen atoms in total. The summed E-state index contributed by atoms with van der Waals surface area (Å²) in [6.07, 6.45) is 3.57. The maximum absolute atomic E-state index is 12.4. The van der Waals surface area contributed by atoms with Crippen molar-refractivity contribution in [2.45, 2.75) is 46.1 Å². The molecule has 0 spiro atoms. The van der Waals surface area contributed by atoms with Crippen molar-refractivity contribution in [2.75, 3.05) is 0 Å². The van der Waals surface area contributed by atoms with Crippen molar-refractivity contribution in [3.05, 3.63) is 35.4 Å². The first-order valence-corrected chi connectivity index (χ1v) is 7.69. The second-order valence-corrected chi connectivity index (χ2v) is 7.33. The van der Waals surface area contributed by atoms with E-state index in [1.165, 1.54) is 12.8 Å². The number of fused-ring (bicyclic) bond motifs is 2. The molecule has 0 heterocycles. The van der Waals surface area contributed by atoms with Crippen LogP contribution in [0.2, 0.25) is 0 Å². The van der Waals surface area contributed by atoms with Gasteiger partial charge in [-0.25, -0.2) is 0 Å². The van der Waals surface area contributed by atoms with Gasteiger partial charge in [0.05, 0.1) is 11.6 Å². The topological polar surface area (TPSA) is 52.9 Å². The van der Waals surface area contributed by atoms with Crippen LogP contribution in [0, 0.1) is 28.1 Å². The molecule has 3 heteroatoms. The van der Waals surface area contributed by atoms with Gasteiger partial charge in [0, 0.05) is 11.6 Å². The number of nitrogens with zero attached hydrogens (tertiary/aromatic N) is 1. The summed E-state index contributed by atoms with van der Waals surface area (Å²) >= 11 is 0. The summed E-state index contributed by atoms with van der Waals surface area (Å²) in [6.45, 7) is 7.01. The fraction of sp³-hybridized carbons (Fsp3) is 0.556. The molecule has 1 amide bonds. The zero-order valence-electron chi connectivity index (χ0n) is 12.9. The lowest BCUT2D eigenvalue weighted by atomic mass is 9.69. The molecule has 0 aliphatic heterocycles. The molecule has 21 heavy (non-hydrogen) atoms. The number of benzene rings is 1. The second kappa shape index (κ2) is 4.59. The predicted octanol–water partition coefficient (Wildman–Crippen LogP) is 3.50. The Kier molecular flexibility index (Phi) is 3.09. The van der Waals surface area contributed by atoms with Crippen molar-refractivity contribution in [1.29, 1.82) is 5.26 Å². The van der Waals surface area contributed by atoms with Gasteiger partial charge in [0.15, 0.2) is 0 Å². The molecule has 1 aromatic rings. The number of nitrogens with one attached hydrogen (secondary N) is 1. The molecule has 3 rings (SSSR count). The fourth-order valence-corrected chi connectivity index (χ4v) is 4.36. The third kappa shape index (κ3) is 1.97. The van der Waals surface area contributed by atoms with Gasteiger partial charge in [-0.3, -0.25) is 4.79 Å². The molecule has 110 valence electrons. The molecule has 0 radical (unpaired) electrons. The van der Waals surface area contributed by atoms with Gasteiger partial charge in [-0.2, -0.15) is 5.26 Å². The van der Waals surface area contributed by atoms with Crippen molar-refractivity contribution >= 4 is 5.91 Å². The number of amides is 1. The highest BCUT2D eigenvalue weighted by Gasteiger charge is 2.61. The lowest BCUT2D eigenvalue weighted by molar-refractivity contribution is 0.0826. The number of rotatable bonds is 2. The van der Waals surface area contributed by atoms with Crippen molar-refractivity contribution in [3.8, 4) is 6.07 Å². The van der Waals surface area contributed by atoms with Gasteiger partial charge in [-0.1, -0.05) is 20.8 Å². The Hall–Kier alpha value is -1.82. The van der Waals surface area contributed by atoms with Gasteiger partial charge in [0.25, 0.3) is 5.91 Å². The summed E-state index contributed by atoms with van der Waals surface area (Å²) in [5, 5.41) is 12.0. The quantitative estimate of drug-likeness (QED) is 0.902. The van der Waals surface area contributed by atoms with Crippen molar-refractivity contribution in [2.24, 2.45) is 16.7 Å². The van der Waals surface area contributed by atoms with Gasteiger partial charge < -0.3 is 5.32 Å². The third-order valence-electron chi connectivity index (χ3n) is 6.38. The van der Waals surface area contributed by atoms with Crippen LogP contribution in [0.1, 0.15) is 56.0 Å². The van der Waals surface area contributed by atoms with Crippen LogP contribution in [0.25, 0.3) is 0 Å². The van der Waals surface area contributed by atoms with Gasteiger partial charge >= 0.3 is 0 Å². The molecule has 1 aromatic carbocycles. The monoisotopic (exact) mass is 282 g/mol. The van der Waals surface area contributed by atoms with E-state index in [4.69, 9.17) is 5.26 Å².